The Bertz CT molecular complexity index is 731. The molecule has 3 amide bonds. The number of hydrogen-bond donors (Lipinski definition) is 2. The Morgan fingerprint density at radius 3 is 2.55 bits per heavy atom. The Balaban J connectivity index is 1.14. The summed E-state index contributed by atoms with van der Waals surface area (Å²) in [6.45, 7) is 1.91. The summed E-state index contributed by atoms with van der Waals surface area (Å²) in [5.41, 5.74) is 1.30. The van der Waals surface area contributed by atoms with Gasteiger partial charge in [-0.25, -0.2) is 4.79 Å². The van der Waals surface area contributed by atoms with Crippen molar-refractivity contribution < 1.29 is 19.1 Å². The van der Waals surface area contributed by atoms with Gasteiger partial charge in [0.1, 0.15) is 5.75 Å². The van der Waals surface area contributed by atoms with E-state index in [9.17, 15) is 9.59 Å². The first-order valence-corrected chi connectivity index (χ1v) is 10.5. The molecule has 3 fully saturated rings. The van der Waals surface area contributed by atoms with Gasteiger partial charge >= 0.3 is 6.03 Å². The quantitative estimate of drug-likeness (QED) is 0.767. The molecule has 1 atom stereocenters. The molecule has 2 saturated carbocycles. The highest BCUT2D eigenvalue weighted by molar-refractivity contribution is 5.80. The van der Waals surface area contributed by atoms with Crippen LogP contribution in [0.3, 0.4) is 0 Å². The third-order valence-electron chi connectivity index (χ3n) is 6.82. The van der Waals surface area contributed by atoms with Crippen molar-refractivity contribution in [3.63, 3.8) is 0 Å². The Hall–Kier alpha value is -2.28. The van der Waals surface area contributed by atoms with E-state index in [4.69, 9.17) is 9.47 Å². The fourth-order valence-corrected chi connectivity index (χ4v) is 5.04. The van der Waals surface area contributed by atoms with Crippen molar-refractivity contribution in [3.8, 4) is 5.75 Å². The predicted molar refractivity (Wildman–Crippen MR) is 109 cm³/mol. The van der Waals surface area contributed by atoms with Crippen molar-refractivity contribution in [1.82, 2.24) is 15.5 Å². The van der Waals surface area contributed by atoms with Gasteiger partial charge in [-0.2, -0.15) is 0 Å². The second kappa shape index (κ2) is 8.22. The molecule has 0 unspecified atom stereocenters. The normalized spacial score (nSPS) is 30.2. The first-order valence-electron chi connectivity index (χ1n) is 10.5. The van der Waals surface area contributed by atoms with Crippen LogP contribution >= 0.6 is 0 Å². The van der Waals surface area contributed by atoms with Gasteiger partial charge in [-0.05, 0) is 55.2 Å². The van der Waals surface area contributed by atoms with E-state index in [1.165, 1.54) is 0 Å². The van der Waals surface area contributed by atoms with E-state index in [2.05, 4.69) is 10.6 Å². The lowest BCUT2D eigenvalue weighted by Crippen LogP contribution is -2.59. The fourth-order valence-electron chi connectivity index (χ4n) is 5.04. The molecular weight excluding hydrogens is 370 g/mol. The van der Waals surface area contributed by atoms with Gasteiger partial charge < -0.3 is 25.0 Å². The SMILES string of the molecule is COc1ccc(CNC(=O)NC2CC3(C2)CC(C(=O)N(C)[C@H]2CCOC2)C3)cc1. The van der Waals surface area contributed by atoms with Crippen molar-refractivity contribution in [2.75, 3.05) is 27.4 Å². The number of rotatable bonds is 6. The van der Waals surface area contributed by atoms with Gasteiger partial charge in [0, 0.05) is 32.2 Å². The number of carbonyl (C=O) groups excluding carboxylic acids is 2. The average Bonchev–Trinajstić information content (AvgIpc) is 3.21. The van der Waals surface area contributed by atoms with Crippen LogP contribution in [0.5, 0.6) is 5.75 Å². The first-order chi connectivity index (χ1) is 14.0. The van der Waals surface area contributed by atoms with Gasteiger partial charge in [-0.1, -0.05) is 12.1 Å². The molecule has 1 aliphatic heterocycles. The smallest absolute Gasteiger partial charge is 0.315 e. The summed E-state index contributed by atoms with van der Waals surface area (Å²) in [5.74, 6) is 1.21. The molecular formula is C22H31N3O4. The number of hydrogen-bond acceptors (Lipinski definition) is 4. The van der Waals surface area contributed by atoms with E-state index in [-0.39, 0.29) is 35.4 Å². The van der Waals surface area contributed by atoms with E-state index in [0.29, 0.717) is 13.2 Å². The Labute approximate surface area is 172 Å². The number of likely N-dealkylation sites (N-methyl/N-ethyl adjacent to an activating group) is 1. The van der Waals surface area contributed by atoms with Crippen LogP contribution in [0.4, 0.5) is 4.79 Å². The number of urea groups is 1. The zero-order chi connectivity index (χ0) is 20.4. The maximum atomic E-state index is 12.6. The van der Waals surface area contributed by atoms with Crippen LogP contribution in [-0.4, -0.2) is 56.3 Å². The Kier molecular flexibility index (Phi) is 5.67. The maximum Gasteiger partial charge on any atom is 0.315 e. The average molecular weight is 402 g/mol. The molecule has 1 aromatic rings. The van der Waals surface area contributed by atoms with Crippen LogP contribution in [0.2, 0.25) is 0 Å². The molecule has 2 aliphatic carbocycles. The molecule has 7 nitrogen and oxygen atoms in total. The van der Waals surface area contributed by atoms with Gasteiger partial charge in [0.25, 0.3) is 0 Å². The zero-order valence-electron chi connectivity index (χ0n) is 17.3. The van der Waals surface area contributed by atoms with Crippen LogP contribution in [0.1, 0.15) is 37.7 Å². The standard InChI is InChI=1S/C22H31N3O4/c1-25(18-7-8-29-14-18)20(26)16-9-22(10-16)11-17(12-22)24-21(27)23-13-15-3-5-19(28-2)6-4-15/h3-6,16-18H,7-14H2,1-2H3,(H2,23,24,27)/t16?,17?,18-,22?/m0/s1. The highest BCUT2D eigenvalue weighted by atomic mass is 16.5. The molecule has 7 heteroatoms. The van der Waals surface area contributed by atoms with E-state index < -0.39 is 0 Å². The summed E-state index contributed by atoms with van der Waals surface area (Å²) in [5, 5.41) is 5.97. The van der Waals surface area contributed by atoms with Crippen LogP contribution in [0.25, 0.3) is 0 Å². The summed E-state index contributed by atoms with van der Waals surface area (Å²) in [4.78, 5) is 26.7. The lowest BCUT2D eigenvalue weighted by atomic mass is 9.50. The number of benzene rings is 1. The predicted octanol–water partition coefficient (Wildman–Crippen LogP) is 2.30. The van der Waals surface area contributed by atoms with Crippen LogP contribution in [0.15, 0.2) is 24.3 Å². The summed E-state index contributed by atoms with van der Waals surface area (Å²) in [6, 6.07) is 7.97. The van der Waals surface area contributed by atoms with E-state index in [0.717, 1.165) is 50.0 Å². The molecule has 1 heterocycles. The van der Waals surface area contributed by atoms with Gasteiger partial charge in [0.05, 0.1) is 19.8 Å². The lowest BCUT2D eigenvalue weighted by Gasteiger charge is -2.57. The van der Waals surface area contributed by atoms with Gasteiger partial charge in [0.15, 0.2) is 0 Å². The molecule has 2 N–H and O–H groups in total. The summed E-state index contributed by atoms with van der Waals surface area (Å²) in [6.07, 6.45) is 4.80. The number of nitrogens with one attached hydrogen (secondary N) is 2. The highest BCUT2D eigenvalue weighted by Crippen LogP contribution is 2.59. The number of carbonyl (C=O) groups is 2. The largest absolute Gasteiger partial charge is 0.497 e. The number of amides is 3. The summed E-state index contributed by atoms with van der Waals surface area (Å²) < 4.78 is 10.5. The number of methoxy groups -OCH3 is 1. The molecule has 3 aliphatic rings. The van der Waals surface area contributed by atoms with Gasteiger partial charge in [-0.3, -0.25) is 4.79 Å². The third kappa shape index (κ3) is 4.34. The molecule has 29 heavy (non-hydrogen) atoms. The van der Waals surface area contributed by atoms with Crippen LogP contribution < -0.4 is 15.4 Å². The van der Waals surface area contributed by atoms with Crippen molar-refractivity contribution in [2.45, 2.75) is 50.7 Å². The maximum absolute atomic E-state index is 12.6. The van der Waals surface area contributed by atoms with Gasteiger partial charge in [0.2, 0.25) is 5.91 Å². The third-order valence-corrected chi connectivity index (χ3v) is 6.82. The van der Waals surface area contributed by atoms with E-state index in [1.807, 2.05) is 36.2 Å². The van der Waals surface area contributed by atoms with E-state index in [1.54, 1.807) is 7.11 Å². The number of nitrogens with zero attached hydrogens (tertiary/aromatic N) is 1. The Morgan fingerprint density at radius 1 is 1.21 bits per heavy atom. The second-order valence-electron chi connectivity index (χ2n) is 8.85. The molecule has 158 valence electrons. The van der Waals surface area contributed by atoms with Crippen LogP contribution in [-0.2, 0) is 16.1 Å². The molecule has 1 saturated heterocycles. The molecule has 1 spiro atoms. The highest BCUT2D eigenvalue weighted by Gasteiger charge is 2.55. The van der Waals surface area contributed by atoms with Crippen molar-refractivity contribution >= 4 is 11.9 Å². The lowest BCUT2D eigenvalue weighted by molar-refractivity contribution is -0.150. The molecule has 0 radical (unpaired) electrons. The van der Waals surface area contributed by atoms with Crippen molar-refractivity contribution in [3.05, 3.63) is 29.8 Å². The summed E-state index contributed by atoms with van der Waals surface area (Å²) >= 11 is 0. The minimum Gasteiger partial charge on any atom is -0.497 e. The summed E-state index contributed by atoms with van der Waals surface area (Å²) in [7, 11) is 3.54. The number of ether oxygens (including phenoxy) is 2. The van der Waals surface area contributed by atoms with Crippen LogP contribution in [0, 0.1) is 11.3 Å². The minimum absolute atomic E-state index is 0.131. The molecule has 1 aromatic carbocycles. The first kappa shape index (κ1) is 20.0. The zero-order valence-corrected chi connectivity index (χ0v) is 17.3. The van der Waals surface area contributed by atoms with Crippen molar-refractivity contribution in [2.24, 2.45) is 11.3 Å². The topological polar surface area (TPSA) is 79.9 Å². The molecule has 0 bridgehead atoms. The fraction of sp³-hybridized carbons (Fsp3) is 0.636. The van der Waals surface area contributed by atoms with E-state index >= 15 is 0 Å². The Morgan fingerprint density at radius 2 is 1.93 bits per heavy atom. The monoisotopic (exact) mass is 401 g/mol. The van der Waals surface area contributed by atoms with Gasteiger partial charge in [-0.15, -0.1) is 0 Å². The minimum atomic E-state index is -0.131. The molecule has 4 rings (SSSR count). The van der Waals surface area contributed by atoms with Crippen molar-refractivity contribution in [1.29, 1.82) is 0 Å². The molecule has 0 aromatic heterocycles. The second-order valence-corrected chi connectivity index (χ2v) is 8.85.